The number of hydrazone groups is 1. The van der Waals surface area contributed by atoms with E-state index in [1.807, 2.05) is 0 Å². The molecule has 5 nitrogen and oxygen atoms in total. The van der Waals surface area contributed by atoms with Crippen LogP contribution < -0.4 is 0 Å². The van der Waals surface area contributed by atoms with Crippen LogP contribution in [0.25, 0.3) is 0 Å². The number of sulfonamides is 1. The zero-order valence-corrected chi connectivity index (χ0v) is 13.0. The lowest BCUT2D eigenvalue weighted by molar-refractivity contribution is -0.291. The maximum Gasteiger partial charge on any atom is 0.439 e. The predicted molar refractivity (Wildman–Crippen MR) is 71.9 cm³/mol. The van der Waals surface area contributed by atoms with Crippen LogP contribution in [0.15, 0.2) is 38.7 Å². The van der Waals surface area contributed by atoms with Crippen molar-refractivity contribution < 1.29 is 26.7 Å². The van der Waals surface area contributed by atoms with Gasteiger partial charge in [0.15, 0.2) is 0 Å². The first-order valence-electron chi connectivity index (χ1n) is 5.63. The summed E-state index contributed by atoms with van der Waals surface area (Å²) in [7, 11) is -4.62. The summed E-state index contributed by atoms with van der Waals surface area (Å²) in [5.41, 5.74) is -3.70. The quantitative estimate of drug-likeness (QED) is 0.848. The Kier molecular flexibility index (Phi) is 3.83. The van der Waals surface area contributed by atoms with Gasteiger partial charge < -0.3 is 5.11 Å². The Balaban J connectivity index is 2.54. The molecule has 0 aliphatic carbocycles. The zero-order chi connectivity index (χ0) is 16.1. The first-order valence-corrected chi connectivity index (χ1v) is 7.86. The van der Waals surface area contributed by atoms with E-state index in [2.05, 4.69) is 21.0 Å². The van der Waals surface area contributed by atoms with Gasteiger partial charge in [0.05, 0.1) is 4.90 Å². The van der Waals surface area contributed by atoms with Gasteiger partial charge in [0.25, 0.3) is 15.7 Å². The van der Waals surface area contributed by atoms with Crippen LogP contribution in [0.5, 0.6) is 0 Å². The van der Waals surface area contributed by atoms with E-state index in [0.717, 1.165) is 12.1 Å². The molecule has 1 aromatic carbocycles. The second-order valence-corrected chi connectivity index (χ2v) is 7.21. The monoisotopic (exact) mass is 386 g/mol. The van der Waals surface area contributed by atoms with Crippen molar-refractivity contribution in [3.05, 3.63) is 28.7 Å². The molecule has 0 fully saturated rings. The van der Waals surface area contributed by atoms with Crippen molar-refractivity contribution in [2.45, 2.75) is 30.1 Å². The van der Waals surface area contributed by atoms with Gasteiger partial charge in [-0.2, -0.15) is 26.7 Å². The first kappa shape index (κ1) is 16.2. The van der Waals surface area contributed by atoms with Gasteiger partial charge in [0, 0.05) is 16.6 Å². The fourth-order valence-electron chi connectivity index (χ4n) is 1.87. The van der Waals surface area contributed by atoms with Gasteiger partial charge in [-0.15, -0.1) is 4.41 Å². The van der Waals surface area contributed by atoms with Gasteiger partial charge >= 0.3 is 6.18 Å². The lowest BCUT2D eigenvalue weighted by Crippen LogP contribution is -2.56. The van der Waals surface area contributed by atoms with Crippen molar-refractivity contribution in [1.29, 1.82) is 0 Å². The van der Waals surface area contributed by atoms with Crippen molar-refractivity contribution in [2.24, 2.45) is 5.10 Å². The third-order valence-electron chi connectivity index (χ3n) is 2.87. The van der Waals surface area contributed by atoms with E-state index in [-0.39, 0.29) is 10.1 Å². The number of aliphatic hydroxyl groups is 1. The predicted octanol–water partition coefficient (Wildman–Crippen LogP) is 2.47. The van der Waals surface area contributed by atoms with Crippen LogP contribution in [0.1, 0.15) is 13.3 Å². The maximum atomic E-state index is 13.0. The third-order valence-corrected chi connectivity index (χ3v) is 5.11. The summed E-state index contributed by atoms with van der Waals surface area (Å²) < 4.78 is 64.0. The van der Waals surface area contributed by atoms with Crippen LogP contribution in [0.2, 0.25) is 0 Å². The van der Waals surface area contributed by atoms with Gasteiger partial charge in [0.2, 0.25) is 0 Å². The van der Waals surface area contributed by atoms with Crippen LogP contribution in [-0.4, -0.2) is 35.6 Å². The van der Waals surface area contributed by atoms with Gasteiger partial charge in [-0.25, -0.2) is 0 Å². The molecule has 2 rings (SSSR count). The molecule has 21 heavy (non-hydrogen) atoms. The standard InChI is InChI=1S/C11H10BrF3N2O3S/c1-7-6-10(18,11(13,14)15)17(16-7)21(19,20)9-4-2-8(12)3-5-9/h2-5,18H,6H2,1H3. The van der Waals surface area contributed by atoms with Crippen LogP contribution in [0.3, 0.4) is 0 Å². The summed E-state index contributed by atoms with van der Waals surface area (Å²) in [6.45, 7) is 1.22. The second-order valence-electron chi connectivity index (χ2n) is 4.53. The maximum absolute atomic E-state index is 13.0. The van der Waals surface area contributed by atoms with E-state index in [1.165, 1.54) is 19.1 Å². The highest BCUT2D eigenvalue weighted by Gasteiger charge is 2.64. The Labute approximate surface area is 127 Å². The summed E-state index contributed by atoms with van der Waals surface area (Å²) in [4.78, 5) is -0.396. The fraction of sp³-hybridized carbons (Fsp3) is 0.364. The summed E-state index contributed by atoms with van der Waals surface area (Å²) in [5, 5.41) is 13.2. The van der Waals surface area contributed by atoms with E-state index >= 15 is 0 Å². The average molecular weight is 387 g/mol. The van der Waals surface area contributed by atoms with Crippen molar-refractivity contribution in [3.63, 3.8) is 0 Å². The molecular formula is C11H10BrF3N2O3S. The minimum absolute atomic E-state index is 0.129. The number of rotatable bonds is 2. The fourth-order valence-corrected chi connectivity index (χ4v) is 3.62. The molecule has 1 aliphatic rings. The number of hydrogen-bond donors (Lipinski definition) is 1. The molecule has 116 valence electrons. The van der Waals surface area contributed by atoms with Crippen molar-refractivity contribution in [3.8, 4) is 0 Å². The molecular weight excluding hydrogens is 377 g/mol. The van der Waals surface area contributed by atoms with Crippen LogP contribution >= 0.6 is 15.9 Å². The molecule has 1 N–H and O–H groups in total. The molecule has 10 heteroatoms. The van der Waals surface area contributed by atoms with Gasteiger partial charge in [-0.05, 0) is 31.2 Å². The summed E-state index contributed by atoms with van der Waals surface area (Å²) in [5.74, 6) is 0. The molecule has 1 aliphatic heterocycles. The molecule has 0 aromatic heterocycles. The number of alkyl halides is 3. The van der Waals surface area contributed by atoms with E-state index in [4.69, 9.17) is 0 Å². The lowest BCUT2D eigenvalue weighted by Gasteiger charge is -2.33. The van der Waals surface area contributed by atoms with Crippen LogP contribution in [-0.2, 0) is 10.0 Å². The van der Waals surface area contributed by atoms with E-state index in [1.54, 1.807) is 0 Å². The summed E-state index contributed by atoms with van der Waals surface area (Å²) >= 11 is 3.09. The zero-order valence-electron chi connectivity index (χ0n) is 10.6. The molecule has 1 aromatic rings. The largest absolute Gasteiger partial charge is 0.439 e. The Morgan fingerprint density at radius 3 is 2.33 bits per heavy atom. The highest BCUT2D eigenvalue weighted by atomic mass is 79.9. The van der Waals surface area contributed by atoms with Crippen molar-refractivity contribution >= 4 is 31.7 Å². The Morgan fingerprint density at radius 2 is 1.86 bits per heavy atom. The van der Waals surface area contributed by atoms with Gasteiger partial charge in [-0.3, -0.25) is 0 Å². The molecule has 0 amide bonds. The van der Waals surface area contributed by atoms with E-state index in [0.29, 0.717) is 4.47 Å². The normalized spacial score (nSPS) is 23.3. The molecule has 0 spiro atoms. The van der Waals surface area contributed by atoms with Crippen molar-refractivity contribution in [1.82, 2.24) is 4.41 Å². The molecule has 0 saturated carbocycles. The molecule has 0 saturated heterocycles. The smallest absolute Gasteiger partial charge is 0.361 e. The van der Waals surface area contributed by atoms with E-state index in [9.17, 15) is 26.7 Å². The van der Waals surface area contributed by atoms with E-state index < -0.39 is 33.2 Å². The molecule has 1 heterocycles. The number of nitrogens with zero attached hydrogens (tertiary/aromatic N) is 2. The second kappa shape index (κ2) is 4.96. The Morgan fingerprint density at radius 1 is 1.33 bits per heavy atom. The molecule has 0 radical (unpaired) electrons. The topological polar surface area (TPSA) is 70.0 Å². The third kappa shape index (κ3) is 2.67. The Bertz CT molecular complexity index is 688. The number of benzene rings is 1. The van der Waals surface area contributed by atoms with Gasteiger partial charge in [-0.1, -0.05) is 15.9 Å². The van der Waals surface area contributed by atoms with Crippen LogP contribution in [0.4, 0.5) is 13.2 Å². The summed E-state index contributed by atoms with van der Waals surface area (Å²) in [6.07, 6.45) is -6.09. The number of halogens is 4. The van der Waals surface area contributed by atoms with Crippen LogP contribution in [0, 0.1) is 0 Å². The lowest BCUT2D eigenvalue weighted by atomic mass is 10.1. The molecule has 1 unspecified atom stereocenters. The Hall–Kier alpha value is -1.13. The first-order chi connectivity index (χ1) is 9.48. The van der Waals surface area contributed by atoms with Crippen molar-refractivity contribution in [2.75, 3.05) is 0 Å². The minimum Gasteiger partial charge on any atom is -0.361 e. The average Bonchev–Trinajstić information content (AvgIpc) is 2.66. The molecule has 1 atom stereocenters. The molecule has 0 bridgehead atoms. The SMILES string of the molecule is CC1=NN(S(=O)(=O)c2ccc(Br)cc2)C(O)(C(F)(F)F)C1. The highest BCUT2D eigenvalue weighted by Crippen LogP contribution is 2.43. The minimum atomic E-state index is -5.17. The van der Waals surface area contributed by atoms with Gasteiger partial charge in [0.1, 0.15) is 0 Å². The summed E-state index contributed by atoms with van der Waals surface area (Å²) in [6, 6.07) is 4.98. The number of hydrogen-bond acceptors (Lipinski definition) is 4. The highest BCUT2D eigenvalue weighted by molar-refractivity contribution is 9.10.